The van der Waals surface area contributed by atoms with Crippen molar-refractivity contribution in [1.82, 2.24) is 0 Å². The van der Waals surface area contributed by atoms with Gasteiger partial charge in [0.05, 0.1) is 34.8 Å². The number of anilines is 2. The molecule has 0 spiro atoms. The Hall–Kier alpha value is 0.150. The number of rotatable bonds is 7. The molecule has 2 unspecified atom stereocenters. The van der Waals surface area contributed by atoms with E-state index in [0.29, 0.717) is 16.3 Å². The van der Waals surface area contributed by atoms with Gasteiger partial charge in [-0.1, -0.05) is 0 Å². The first kappa shape index (κ1) is 23.2. The first-order valence-electron chi connectivity index (χ1n) is 6.69. The van der Waals surface area contributed by atoms with Crippen LogP contribution in [0.2, 0.25) is 0 Å². The topological polar surface area (TPSA) is 159 Å². The van der Waals surface area contributed by atoms with E-state index in [1.165, 1.54) is 0 Å². The van der Waals surface area contributed by atoms with Crippen LogP contribution in [-0.2, 0) is 16.2 Å². The first-order valence-corrected chi connectivity index (χ1v) is 9.92. The molecule has 2 atom stereocenters. The van der Waals surface area contributed by atoms with Crippen molar-refractivity contribution in [2.45, 2.75) is 18.8 Å². The van der Waals surface area contributed by atoms with Gasteiger partial charge in [-0.05, 0) is 67.8 Å². The lowest BCUT2D eigenvalue weighted by Crippen LogP contribution is -2.33. The van der Waals surface area contributed by atoms with Crippen LogP contribution in [0.1, 0.15) is 5.56 Å². The summed E-state index contributed by atoms with van der Waals surface area (Å²) >= 11 is 5.66. The summed E-state index contributed by atoms with van der Waals surface area (Å²) in [6.07, 6.45) is -3.25. The summed E-state index contributed by atoms with van der Waals surface area (Å²) < 4.78 is 1.38. The van der Waals surface area contributed by atoms with E-state index in [0.717, 1.165) is 0 Å². The number of aliphatic hydroxyl groups is 5. The van der Waals surface area contributed by atoms with E-state index >= 15 is 0 Å². The fourth-order valence-electron chi connectivity index (χ4n) is 1.65. The molecule has 0 saturated heterocycles. The quantitative estimate of drug-likeness (QED) is 0.191. The van der Waals surface area contributed by atoms with Gasteiger partial charge >= 0.3 is 0 Å². The largest absolute Gasteiger partial charge is 0.393 e. The summed E-state index contributed by atoms with van der Waals surface area (Å²) in [6.45, 7) is -1.91. The van der Waals surface area contributed by atoms with E-state index in [1.807, 2.05) is 67.8 Å². The molecule has 1 aromatic carbocycles. The lowest BCUT2D eigenvalue weighted by Gasteiger charge is -2.21. The maximum atomic E-state index is 11.9. The highest BCUT2D eigenvalue weighted by Gasteiger charge is 2.25. The lowest BCUT2D eigenvalue weighted by atomic mass is 10.1. The van der Waals surface area contributed by atoms with Crippen LogP contribution in [0.3, 0.4) is 0 Å². The van der Waals surface area contributed by atoms with Gasteiger partial charge in [-0.15, -0.1) is 0 Å². The van der Waals surface area contributed by atoms with Crippen LogP contribution >= 0.6 is 67.8 Å². The van der Waals surface area contributed by atoms with Crippen LogP contribution in [0.25, 0.3) is 0 Å². The first-order chi connectivity index (χ1) is 11.7. The molecule has 1 aromatic rings. The monoisotopic (exact) mass is 692 g/mol. The highest BCUT2D eigenvalue weighted by atomic mass is 127. The Kier molecular flexibility index (Phi) is 9.72. The minimum Gasteiger partial charge on any atom is -0.393 e. The molecule has 0 aromatic heterocycles. The standard InChI is InChI=1S/C13H15I3N2O7/c14-7-4(1-19)8(15)11(18-13(25)6(23)3-21)9(16)10(7)17-12(24)5(22)2-20/h5-6,19-23H,1-3H2,(H,17,24)(H,18,25). The van der Waals surface area contributed by atoms with Crippen molar-refractivity contribution in [3.8, 4) is 0 Å². The van der Waals surface area contributed by atoms with Crippen LogP contribution in [0.5, 0.6) is 0 Å². The number of hydrogen-bond acceptors (Lipinski definition) is 7. The third-order valence-electron chi connectivity index (χ3n) is 3.01. The SMILES string of the molecule is O=C(Nc1c(I)c(CO)c(I)c(NC(=O)C(O)CO)c1I)C(O)CO. The normalized spacial score (nSPS) is 13.3. The molecular formula is C13H15I3N2O7. The highest BCUT2D eigenvalue weighted by Crippen LogP contribution is 2.39. The van der Waals surface area contributed by atoms with Crippen molar-refractivity contribution in [2.75, 3.05) is 23.8 Å². The van der Waals surface area contributed by atoms with Crippen LogP contribution < -0.4 is 10.6 Å². The Balaban J connectivity index is 3.40. The molecule has 0 saturated carbocycles. The smallest absolute Gasteiger partial charge is 0.255 e. The van der Waals surface area contributed by atoms with Crippen molar-refractivity contribution in [2.24, 2.45) is 0 Å². The molecule has 9 nitrogen and oxygen atoms in total. The molecule has 0 fully saturated rings. The minimum absolute atomic E-state index is 0.233. The van der Waals surface area contributed by atoms with Gasteiger partial charge in [-0.2, -0.15) is 0 Å². The minimum atomic E-state index is -1.63. The zero-order valence-corrected chi connectivity index (χ0v) is 18.9. The molecule has 1 rings (SSSR count). The summed E-state index contributed by atoms with van der Waals surface area (Å²) in [4.78, 5) is 23.7. The molecule has 0 aliphatic heterocycles. The molecular weight excluding hydrogens is 677 g/mol. The van der Waals surface area contributed by atoms with Crippen LogP contribution in [0, 0.1) is 10.7 Å². The Bertz CT molecular complexity index is 621. The van der Waals surface area contributed by atoms with Crippen molar-refractivity contribution in [3.05, 3.63) is 16.3 Å². The summed E-state index contributed by atoms with van der Waals surface area (Å²) in [7, 11) is 0. The second-order valence-electron chi connectivity index (χ2n) is 4.70. The van der Waals surface area contributed by atoms with Gasteiger partial charge in [0, 0.05) is 12.7 Å². The number of aliphatic hydroxyl groups excluding tert-OH is 5. The van der Waals surface area contributed by atoms with E-state index in [4.69, 9.17) is 10.2 Å². The fraction of sp³-hybridized carbons (Fsp3) is 0.385. The number of carbonyl (C=O) groups excluding carboxylic acids is 2. The van der Waals surface area contributed by atoms with E-state index in [9.17, 15) is 24.9 Å². The van der Waals surface area contributed by atoms with Crippen LogP contribution in [-0.4, -0.2) is 62.8 Å². The van der Waals surface area contributed by atoms with Gasteiger partial charge in [-0.25, -0.2) is 0 Å². The predicted octanol–water partition coefficient (Wildman–Crippen LogP) is -0.424. The number of carbonyl (C=O) groups is 2. The maximum Gasteiger partial charge on any atom is 0.255 e. The van der Waals surface area contributed by atoms with Gasteiger partial charge in [-0.3, -0.25) is 9.59 Å². The molecule has 0 aliphatic rings. The molecule has 25 heavy (non-hydrogen) atoms. The van der Waals surface area contributed by atoms with E-state index in [-0.39, 0.29) is 18.0 Å². The third kappa shape index (κ3) is 5.56. The fourth-order valence-corrected chi connectivity index (χ4v) is 5.70. The van der Waals surface area contributed by atoms with Crippen molar-refractivity contribution in [1.29, 1.82) is 0 Å². The van der Waals surface area contributed by atoms with Gasteiger partial charge in [0.1, 0.15) is 0 Å². The predicted molar refractivity (Wildman–Crippen MR) is 114 cm³/mol. The molecule has 0 heterocycles. The number of halogens is 3. The molecule has 0 aliphatic carbocycles. The van der Waals surface area contributed by atoms with Crippen molar-refractivity contribution < 1.29 is 35.1 Å². The zero-order valence-electron chi connectivity index (χ0n) is 12.5. The zero-order chi connectivity index (χ0) is 19.3. The van der Waals surface area contributed by atoms with Gasteiger partial charge in [0.15, 0.2) is 12.2 Å². The van der Waals surface area contributed by atoms with Gasteiger partial charge in [0.25, 0.3) is 11.8 Å². The number of hydrogen-bond donors (Lipinski definition) is 7. The van der Waals surface area contributed by atoms with Crippen LogP contribution in [0.4, 0.5) is 11.4 Å². The van der Waals surface area contributed by atoms with E-state index < -0.39 is 37.2 Å². The van der Waals surface area contributed by atoms with Gasteiger partial charge < -0.3 is 36.2 Å². The number of benzene rings is 1. The highest BCUT2D eigenvalue weighted by molar-refractivity contribution is 14.1. The Morgan fingerprint density at radius 2 is 1.16 bits per heavy atom. The van der Waals surface area contributed by atoms with E-state index in [2.05, 4.69) is 10.6 Å². The maximum absolute atomic E-state index is 11.9. The Morgan fingerprint density at radius 1 is 0.800 bits per heavy atom. The van der Waals surface area contributed by atoms with Crippen molar-refractivity contribution >= 4 is 91.0 Å². The molecule has 2 amide bonds. The summed E-state index contributed by atoms with van der Waals surface area (Å²) in [6, 6.07) is 0. The molecule has 0 bridgehead atoms. The summed E-state index contributed by atoms with van der Waals surface area (Å²) in [5.74, 6) is -1.70. The van der Waals surface area contributed by atoms with Gasteiger partial charge in [0.2, 0.25) is 0 Å². The second-order valence-corrected chi connectivity index (χ2v) is 7.94. The number of amides is 2. The van der Waals surface area contributed by atoms with Crippen molar-refractivity contribution in [3.63, 3.8) is 0 Å². The van der Waals surface area contributed by atoms with Crippen LogP contribution in [0.15, 0.2) is 0 Å². The Labute approximate surface area is 183 Å². The Morgan fingerprint density at radius 3 is 1.44 bits per heavy atom. The number of nitrogens with one attached hydrogen (secondary N) is 2. The molecule has 12 heteroatoms. The van der Waals surface area contributed by atoms with E-state index in [1.54, 1.807) is 0 Å². The lowest BCUT2D eigenvalue weighted by molar-refractivity contribution is -0.126. The summed E-state index contributed by atoms with van der Waals surface area (Å²) in [5, 5.41) is 51.1. The molecule has 140 valence electrons. The average molecular weight is 692 g/mol. The molecule has 7 N–H and O–H groups in total. The third-order valence-corrected chi connectivity index (χ3v) is 6.47. The second kappa shape index (κ2) is 10.5. The molecule has 0 radical (unpaired) electrons. The summed E-state index contributed by atoms with van der Waals surface area (Å²) in [5.41, 5.74) is 0.887. The average Bonchev–Trinajstić information content (AvgIpc) is 2.60.